The van der Waals surface area contributed by atoms with Gasteiger partial charge in [-0.15, -0.1) is 0 Å². The number of amides is 2. The summed E-state index contributed by atoms with van der Waals surface area (Å²) in [5.74, 6) is -1.38. The lowest BCUT2D eigenvalue weighted by molar-refractivity contribution is -0.384. The molecular weight excluding hydrogens is 290 g/mol. The van der Waals surface area contributed by atoms with Crippen molar-refractivity contribution in [1.29, 1.82) is 0 Å². The number of carboxylic acid groups (broad SMARTS) is 1. The highest BCUT2D eigenvalue weighted by molar-refractivity contribution is 5.77. The van der Waals surface area contributed by atoms with E-state index in [0.717, 1.165) is 5.56 Å². The highest BCUT2D eigenvalue weighted by Gasteiger charge is 2.30. The maximum Gasteiger partial charge on any atom is 0.317 e. The van der Waals surface area contributed by atoms with Gasteiger partial charge in [0.05, 0.1) is 10.8 Å². The van der Waals surface area contributed by atoms with Crippen LogP contribution in [0.4, 0.5) is 10.5 Å². The standard InChI is InChI=1S/C14H17N3O5/c18-13(19)11-5-7-16(9-11)14(20)15-6-4-10-2-1-3-12(8-10)17(21)22/h1-3,8,11H,4-7,9H2,(H,15,20)(H,18,19). The smallest absolute Gasteiger partial charge is 0.317 e. The molecule has 1 atom stereocenters. The fourth-order valence-electron chi connectivity index (χ4n) is 2.40. The number of rotatable bonds is 5. The summed E-state index contributed by atoms with van der Waals surface area (Å²) in [7, 11) is 0. The maximum absolute atomic E-state index is 11.9. The van der Waals surface area contributed by atoms with E-state index in [1.807, 2.05) is 0 Å². The normalized spacial score (nSPS) is 17.3. The van der Waals surface area contributed by atoms with Crippen LogP contribution in [0.1, 0.15) is 12.0 Å². The minimum atomic E-state index is -0.883. The Morgan fingerprint density at radius 2 is 2.23 bits per heavy atom. The first-order chi connectivity index (χ1) is 10.5. The van der Waals surface area contributed by atoms with Crippen molar-refractivity contribution in [3.8, 4) is 0 Å². The van der Waals surface area contributed by atoms with E-state index in [-0.39, 0.29) is 18.3 Å². The summed E-state index contributed by atoms with van der Waals surface area (Å²) >= 11 is 0. The van der Waals surface area contributed by atoms with E-state index in [2.05, 4.69) is 5.32 Å². The number of hydrogen-bond donors (Lipinski definition) is 2. The third-order valence-electron chi connectivity index (χ3n) is 3.64. The summed E-state index contributed by atoms with van der Waals surface area (Å²) in [4.78, 5) is 34.4. The van der Waals surface area contributed by atoms with Gasteiger partial charge >= 0.3 is 12.0 Å². The van der Waals surface area contributed by atoms with E-state index in [1.165, 1.54) is 17.0 Å². The number of nitro groups is 1. The molecule has 0 bridgehead atoms. The van der Waals surface area contributed by atoms with E-state index in [1.54, 1.807) is 12.1 Å². The van der Waals surface area contributed by atoms with Crippen molar-refractivity contribution in [2.45, 2.75) is 12.8 Å². The molecule has 22 heavy (non-hydrogen) atoms. The number of nitro benzene ring substituents is 1. The van der Waals surface area contributed by atoms with Crippen molar-refractivity contribution in [2.75, 3.05) is 19.6 Å². The van der Waals surface area contributed by atoms with Crippen LogP contribution in [0.2, 0.25) is 0 Å². The van der Waals surface area contributed by atoms with Gasteiger partial charge in [-0.1, -0.05) is 12.1 Å². The summed E-state index contributed by atoms with van der Waals surface area (Å²) in [5.41, 5.74) is 0.784. The number of benzene rings is 1. The molecule has 1 saturated heterocycles. The van der Waals surface area contributed by atoms with Crippen molar-refractivity contribution in [2.24, 2.45) is 5.92 Å². The Balaban J connectivity index is 1.79. The van der Waals surface area contributed by atoms with Crippen LogP contribution >= 0.6 is 0 Å². The van der Waals surface area contributed by atoms with Crippen LogP contribution in [0.3, 0.4) is 0 Å². The average Bonchev–Trinajstić information content (AvgIpc) is 2.97. The lowest BCUT2D eigenvalue weighted by atomic mass is 10.1. The topological polar surface area (TPSA) is 113 Å². The van der Waals surface area contributed by atoms with Crippen LogP contribution in [0.5, 0.6) is 0 Å². The predicted octanol–water partition coefficient (Wildman–Crippen LogP) is 1.25. The zero-order valence-electron chi connectivity index (χ0n) is 11.9. The van der Waals surface area contributed by atoms with Crippen LogP contribution in [-0.2, 0) is 11.2 Å². The molecule has 0 saturated carbocycles. The van der Waals surface area contributed by atoms with Gasteiger partial charge in [-0.25, -0.2) is 4.79 Å². The second-order valence-corrected chi connectivity index (χ2v) is 5.18. The van der Waals surface area contributed by atoms with Crippen LogP contribution in [0, 0.1) is 16.0 Å². The van der Waals surface area contributed by atoms with Gasteiger partial charge in [0.15, 0.2) is 0 Å². The number of nitrogens with one attached hydrogen (secondary N) is 1. The van der Waals surface area contributed by atoms with E-state index in [9.17, 15) is 19.7 Å². The monoisotopic (exact) mass is 307 g/mol. The number of aliphatic carboxylic acids is 1. The minimum Gasteiger partial charge on any atom is -0.481 e. The molecule has 2 amide bonds. The number of carboxylic acids is 1. The third kappa shape index (κ3) is 3.94. The van der Waals surface area contributed by atoms with Crippen molar-refractivity contribution in [3.05, 3.63) is 39.9 Å². The average molecular weight is 307 g/mol. The number of non-ortho nitro benzene ring substituents is 1. The number of carbonyl (C=O) groups is 2. The molecule has 2 N–H and O–H groups in total. The Kier molecular flexibility index (Phi) is 4.92. The molecule has 0 aliphatic carbocycles. The van der Waals surface area contributed by atoms with Crippen molar-refractivity contribution in [1.82, 2.24) is 10.2 Å². The molecule has 1 fully saturated rings. The van der Waals surface area contributed by atoms with Gasteiger partial charge in [0, 0.05) is 31.8 Å². The second kappa shape index (κ2) is 6.88. The van der Waals surface area contributed by atoms with Crippen molar-refractivity contribution in [3.63, 3.8) is 0 Å². The summed E-state index contributed by atoms with van der Waals surface area (Å²) in [5, 5.41) is 22.3. The van der Waals surface area contributed by atoms with Gasteiger partial charge < -0.3 is 15.3 Å². The number of nitrogens with zero attached hydrogens (tertiary/aromatic N) is 2. The first kappa shape index (κ1) is 15.7. The minimum absolute atomic E-state index is 0.0210. The summed E-state index contributed by atoms with van der Waals surface area (Å²) in [6.45, 7) is 0.992. The molecule has 1 aromatic rings. The zero-order valence-corrected chi connectivity index (χ0v) is 11.9. The molecule has 1 aromatic carbocycles. The fraction of sp³-hybridized carbons (Fsp3) is 0.429. The molecular formula is C14H17N3O5. The molecule has 8 nitrogen and oxygen atoms in total. The third-order valence-corrected chi connectivity index (χ3v) is 3.64. The number of carbonyl (C=O) groups excluding carboxylic acids is 1. The number of hydrogen-bond acceptors (Lipinski definition) is 4. The summed E-state index contributed by atoms with van der Waals surface area (Å²) in [6, 6.07) is 5.96. The molecule has 118 valence electrons. The Bertz CT molecular complexity index is 590. The maximum atomic E-state index is 11.9. The van der Waals surface area contributed by atoms with Crippen LogP contribution in [0.15, 0.2) is 24.3 Å². The summed E-state index contributed by atoms with van der Waals surface area (Å²) < 4.78 is 0. The predicted molar refractivity (Wildman–Crippen MR) is 77.5 cm³/mol. The Morgan fingerprint density at radius 1 is 1.45 bits per heavy atom. The number of urea groups is 1. The Morgan fingerprint density at radius 3 is 2.86 bits per heavy atom. The SMILES string of the molecule is O=C(O)C1CCN(C(=O)NCCc2cccc([N+](=O)[O-])c2)C1. The first-order valence-electron chi connectivity index (χ1n) is 6.96. The zero-order chi connectivity index (χ0) is 16.1. The Labute approximate surface area is 126 Å². The highest BCUT2D eigenvalue weighted by Crippen LogP contribution is 2.16. The van der Waals surface area contributed by atoms with E-state index < -0.39 is 16.8 Å². The van der Waals surface area contributed by atoms with Gasteiger partial charge in [-0.3, -0.25) is 14.9 Å². The lowest BCUT2D eigenvalue weighted by Crippen LogP contribution is -2.39. The molecule has 1 aliphatic rings. The van der Waals surface area contributed by atoms with E-state index in [0.29, 0.717) is 25.9 Å². The van der Waals surface area contributed by atoms with Gasteiger partial charge in [0.1, 0.15) is 0 Å². The van der Waals surface area contributed by atoms with Crippen molar-refractivity contribution >= 4 is 17.7 Å². The Hall–Kier alpha value is -2.64. The van der Waals surface area contributed by atoms with Crippen LogP contribution in [-0.4, -0.2) is 46.6 Å². The van der Waals surface area contributed by atoms with E-state index in [4.69, 9.17) is 5.11 Å². The van der Waals surface area contributed by atoms with Crippen LogP contribution < -0.4 is 5.32 Å². The molecule has 0 spiro atoms. The van der Waals surface area contributed by atoms with Crippen LogP contribution in [0.25, 0.3) is 0 Å². The number of likely N-dealkylation sites (tertiary alicyclic amines) is 1. The largest absolute Gasteiger partial charge is 0.481 e. The summed E-state index contributed by atoms with van der Waals surface area (Å²) in [6.07, 6.45) is 0.942. The molecule has 1 heterocycles. The molecule has 0 aromatic heterocycles. The lowest BCUT2D eigenvalue weighted by Gasteiger charge is -2.16. The van der Waals surface area contributed by atoms with Gasteiger partial charge in [0.2, 0.25) is 0 Å². The fourth-order valence-corrected chi connectivity index (χ4v) is 2.40. The molecule has 1 unspecified atom stereocenters. The highest BCUT2D eigenvalue weighted by atomic mass is 16.6. The molecule has 2 rings (SSSR count). The quantitative estimate of drug-likeness (QED) is 0.628. The van der Waals surface area contributed by atoms with Crippen molar-refractivity contribution < 1.29 is 19.6 Å². The molecule has 8 heteroatoms. The first-order valence-corrected chi connectivity index (χ1v) is 6.96. The molecule has 1 aliphatic heterocycles. The molecule has 0 radical (unpaired) electrons. The van der Waals surface area contributed by atoms with Gasteiger partial charge in [0.25, 0.3) is 5.69 Å². The second-order valence-electron chi connectivity index (χ2n) is 5.18. The van der Waals surface area contributed by atoms with Gasteiger partial charge in [-0.05, 0) is 18.4 Å². The van der Waals surface area contributed by atoms with Gasteiger partial charge in [-0.2, -0.15) is 0 Å². The van der Waals surface area contributed by atoms with E-state index >= 15 is 0 Å².